The van der Waals surface area contributed by atoms with Gasteiger partial charge in [0.2, 0.25) is 0 Å². The van der Waals surface area contributed by atoms with Gasteiger partial charge in [-0.3, -0.25) is 0 Å². The van der Waals surface area contributed by atoms with Crippen molar-refractivity contribution < 1.29 is 4.39 Å². The van der Waals surface area contributed by atoms with Gasteiger partial charge in [0.1, 0.15) is 5.82 Å². The minimum Gasteiger partial charge on any atom is -0.319 e. The molecule has 0 saturated carbocycles. The Hall–Kier alpha value is -1.19. The maximum Gasteiger partial charge on any atom is 0.124 e. The summed E-state index contributed by atoms with van der Waals surface area (Å²) in [6.45, 7) is 0.873. The standard InChI is InChI=1S/C16H17BrFN/c1-19-11-14(13-5-3-2-4-6-13)7-12-8-15(17)10-16(18)9-12/h2-6,8-10,14,19H,7,11H2,1H3. The molecular formula is C16H17BrFN. The molecule has 3 heteroatoms. The van der Waals surface area contributed by atoms with Gasteiger partial charge in [-0.25, -0.2) is 4.39 Å². The summed E-state index contributed by atoms with van der Waals surface area (Å²) in [5, 5.41) is 3.21. The van der Waals surface area contributed by atoms with E-state index in [2.05, 4.69) is 33.4 Å². The van der Waals surface area contributed by atoms with Crippen molar-refractivity contribution in [3.8, 4) is 0 Å². The molecule has 0 amide bonds. The molecule has 0 fully saturated rings. The third-order valence-corrected chi connectivity index (χ3v) is 3.58. The molecule has 100 valence electrons. The van der Waals surface area contributed by atoms with Crippen LogP contribution in [0.1, 0.15) is 17.0 Å². The quantitative estimate of drug-likeness (QED) is 0.873. The molecule has 0 saturated heterocycles. The fourth-order valence-electron chi connectivity index (χ4n) is 2.29. The summed E-state index contributed by atoms with van der Waals surface area (Å²) in [7, 11) is 1.94. The van der Waals surface area contributed by atoms with Gasteiger partial charge in [0.05, 0.1) is 0 Å². The Morgan fingerprint density at radius 2 is 1.89 bits per heavy atom. The number of hydrogen-bond donors (Lipinski definition) is 1. The van der Waals surface area contributed by atoms with Crippen molar-refractivity contribution in [2.45, 2.75) is 12.3 Å². The van der Waals surface area contributed by atoms with Crippen molar-refractivity contribution in [2.75, 3.05) is 13.6 Å². The topological polar surface area (TPSA) is 12.0 Å². The molecule has 1 N–H and O–H groups in total. The van der Waals surface area contributed by atoms with E-state index in [-0.39, 0.29) is 5.82 Å². The molecule has 2 rings (SSSR count). The predicted molar refractivity (Wildman–Crippen MR) is 80.9 cm³/mol. The second-order valence-corrected chi connectivity index (χ2v) is 5.56. The van der Waals surface area contributed by atoms with E-state index < -0.39 is 0 Å². The molecule has 0 radical (unpaired) electrons. The fourth-order valence-corrected chi connectivity index (χ4v) is 2.81. The van der Waals surface area contributed by atoms with Crippen molar-refractivity contribution in [1.82, 2.24) is 5.32 Å². The van der Waals surface area contributed by atoms with Crippen LogP contribution in [0.25, 0.3) is 0 Å². The van der Waals surface area contributed by atoms with Crippen LogP contribution in [0.2, 0.25) is 0 Å². The second-order valence-electron chi connectivity index (χ2n) is 4.65. The number of rotatable bonds is 5. The zero-order valence-electron chi connectivity index (χ0n) is 10.9. The van der Waals surface area contributed by atoms with E-state index in [4.69, 9.17) is 0 Å². The highest BCUT2D eigenvalue weighted by molar-refractivity contribution is 9.10. The van der Waals surface area contributed by atoms with Crippen LogP contribution in [-0.2, 0) is 6.42 Å². The Kier molecular flexibility index (Phi) is 5.11. The highest BCUT2D eigenvalue weighted by Gasteiger charge is 2.12. The van der Waals surface area contributed by atoms with Gasteiger partial charge in [-0.15, -0.1) is 0 Å². The lowest BCUT2D eigenvalue weighted by Gasteiger charge is -2.17. The van der Waals surface area contributed by atoms with Gasteiger partial charge in [0.15, 0.2) is 0 Å². The summed E-state index contributed by atoms with van der Waals surface area (Å²) in [6.07, 6.45) is 0.821. The molecule has 19 heavy (non-hydrogen) atoms. The molecule has 1 atom stereocenters. The zero-order valence-corrected chi connectivity index (χ0v) is 12.5. The summed E-state index contributed by atoms with van der Waals surface area (Å²) in [5.41, 5.74) is 2.29. The van der Waals surface area contributed by atoms with E-state index in [1.54, 1.807) is 6.07 Å². The first-order valence-corrected chi connectivity index (χ1v) is 7.13. The van der Waals surface area contributed by atoms with E-state index in [1.165, 1.54) is 11.6 Å². The molecule has 0 aliphatic rings. The summed E-state index contributed by atoms with van der Waals surface area (Å²) in [4.78, 5) is 0. The van der Waals surface area contributed by atoms with Crippen LogP contribution in [0, 0.1) is 5.82 Å². The van der Waals surface area contributed by atoms with Gasteiger partial charge in [-0.1, -0.05) is 46.3 Å². The van der Waals surface area contributed by atoms with Crippen LogP contribution >= 0.6 is 15.9 Å². The summed E-state index contributed by atoms with van der Waals surface area (Å²) < 4.78 is 14.2. The number of nitrogens with one attached hydrogen (secondary N) is 1. The van der Waals surface area contributed by atoms with Gasteiger partial charge < -0.3 is 5.32 Å². The Labute approximate surface area is 122 Å². The maximum atomic E-state index is 13.4. The Morgan fingerprint density at radius 3 is 2.53 bits per heavy atom. The SMILES string of the molecule is CNCC(Cc1cc(F)cc(Br)c1)c1ccccc1. The molecule has 0 spiro atoms. The van der Waals surface area contributed by atoms with E-state index in [0.717, 1.165) is 23.0 Å². The molecule has 1 unspecified atom stereocenters. The molecule has 0 aliphatic heterocycles. The van der Waals surface area contributed by atoms with E-state index in [9.17, 15) is 4.39 Å². The van der Waals surface area contributed by atoms with Crippen LogP contribution < -0.4 is 5.32 Å². The maximum absolute atomic E-state index is 13.4. The lowest BCUT2D eigenvalue weighted by atomic mass is 9.92. The van der Waals surface area contributed by atoms with E-state index >= 15 is 0 Å². The molecule has 2 aromatic rings. The first-order chi connectivity index (χ1) is 9.19. The highest BCUT2D eigenvalue weighted by Crippen LogP contribution is 2.23. The lowest BCUT2D eigenvalue weighted by Crippen LogP contribution is -2.19. The first-order valence-electron chi connectivity index (χ1n) is 6.33. The minimum atomic E-state index is -0.194. The predicted octanol–water partition coefficient (Wildman–Crippen LogP) is 4.13. The summed E-state index contributed by atoms with van der Waals surface area (Å²) in [6, 6.07) is 15.4. The number of likely N-dealkylation sites (N-methyl/N-ethyl adjacent to an activating group) is 1. The van der Waals surface area contributed by atoms with Gasteiger partial charge in [0.25, 0.3) is 0 Å². The Balaban J connectivity index is 2.21. The van der Waals surface area contributed by atoms with Gasteiger partial charge in [0, 0.05) is 16.9 Å². The van der Waals surface area contributed by atoms with Gasteiger partial charge in [-0.2, -0.15) is 0 Å². The number of halogens is 2. The van der Waals surface area contributed by atoms with Crippen LogP contribution in [0.5, 0.6) is 0 Å². The molecular weight excluding hydrogens is 305 g/mol. The largest absolute Gasteiger partial charge is 0.319 e. The molecule has 0 aliphatic carbocycles. The highest BCUT2D eigenvalue weighted by atomic mass is 79.9. The average molecular weight is 322 g/mol. The van der Waals surface area contributed by atoms with Crippen molar-refractivity contribution in [3.05, 3.63) is 69.9 Å². The number of benzene rings is 2. The van der Waals surface area contributed by atoms with Gasteiger partial charge in [-0.05, 0) is 42.8 Å². The monoisotopic (exact) mass is 321 g/mol. The third kappa shape index (κ3) is 4.15. The van der Waals surface area contributed by atoms with Crippen LogP contribution in [0.15, 0.2) is 53.0 Å². The first kappa shape index (κ1) is 14.2. The van der Waals surface area contributed by atoms with Gasteiger partial charge >= 0.3 is 0 Å². The average Bonchev–Trinajstić information content (AvgIpc) is 2.38. The van der Waals surface area contributed by atoms with Crippen molar-refractivity contribution in [2.24, 2.45) is 0 Å². The fraction of sp³-hybridized carbons (Fsp3) is 0.250. The molecule has 0 bridgehead atoms. The van der Waals surface area contributed by atoms with E-state index in [0.29, 0.717) is 5.92 Å². The number of hydrogen-bond acceptors (Lipinski definition) is 1. The summed E-state index contributed by atoms with van der Waals surface area (Å²) >= 11 is 3.34. The minimum absolute atomic E-state index is 0.194. The summed E-state index contributed by atoms with van der Waals surface area (Å²) in [5.74, 6) is 0.153. The smallest absolute Gasteiger partial charge is 0.124 e. The normalized spacial score (nSPS) is 12.4. The Bertz CT molecular complexity index is 507. The Morgan fingerprint density at radius 1 is 1.16 bits per heavy atom. The zero-order chi connectivity index (χ0) is 13.7. The van der Waals surface area contributed by atoms with Crippen LogP contribution in [-0.4, -0.2) is 13.6 Å². The van der Waals surface area contributed by atoms with Crippen LogP contribution in [0.4, 0.5) is 4.39 Å². The second kappa shape index (κ2) is 6.83. The van der Waals surface area contributed by atoms with Crippen molar-refractivity contribution in [3.63, 3.8) is 0 Å². The molecule has 0 heterocycles. The lowest BCUT2D eigenvalue weighted by molar-refractivity contribution is 0.607. The van der Waals surface area contributed by atoms with E-state index in [1.807, 2.05) is 31.3 Å². The molecule has 2 aromatic carbocycles. The van der Waals surface area contributed by atoms with Crippen LogP contribution in [0.3, 0.4) is 0 Å². The molecule has 0 aromatic heterocycles. The third-order valence-electron chi connectivity index (χ3n) is 3.13. The van der Waals surface area contributed by atoms with Crippen molar-refractivity contribution >= 4 is 15.9 Å². The molecule has 1 nitrogen and oxygen atoms in total. The van der Waals surface area contributed by atoms with Crippen molar-refractivity contribution in [1.29, 1.82) is 0 Å².